The Morgan fingerprint density at radius 1 is 1.33 bits per heavy atom. The zero-order chi connectivity index (χ0) is 6.32. The van der Waals surface area contributed by atoms with E-state index in [2.05, 4.69) is 12.6 Å². The van der Waals surface area contributed by atoms with Crippen LogP contribution < -0.4 is 0 Å². The van der Waals surface area contributed by atoms with Gasteiger partial charge < -0.3 is 4.74 Å². The Bertz CT molecular complexity index is 116. The van der Waals surface area contributed by atoms with Gasteiger partial charge in [0.15, 0.2) is 0 Å². The lowest BCUT2D eigenvalue weighted by atomic mass is 9.74. The minimum atomic E-state index is 0.290. The predicted octanol–water partition coefficient (Wildman–Crippen LogP) is 1.49. The Hall–Kier alpha value is 0.310. The van der Waals surface area contributed by atoms with Gasteiger partial charge >= 0.3 is 0 Å². The van der Waals surface area contributed by atoms with E-state index < -0.39 is 0 Å². The topological polar surface area (TPSA) is 9.23 Å². The number of rotatable bonds is 1. The second-order valence-corrected chi connectivity index (χ2v) is 4.11. The average Bonchev–Trinajstić information content (AvgIpc) is 1.56. The van der Waals surface area contributed by atoms with Crippen molar-refractivity contribution in [1.82, 2.24) is 0 Å². The molecular formula is C7H12OS. The van der Waals surface area contributed by atoms with Gasteiger partial charge in [0, 0.05) is 0 Å². The van der Waals surface area contributed by atoms with E-state index in [-0.39, 0.29) is 4.75 Å². The molecule has 0 bridgehead atoms. The molecule has 1 saturated carbocycles. The summed E-state index contributed by atoms with van der Waals surface area (Å²) in [6, 6.07) is 0. The van der Waals surface area contributed by atoms with Gasteiger partial charge in [0.25, 0.3) is 0 Å². The molecule has 1 heterocycles. The Morgan fingerprint density at radius 2 is 2.00 bits per heavy atom. The van der Waals surface area contributed by atoms with Crippen LogP contribution in [0.4, 0.5) is 0 Å². The van der Waals surface area contributed by atoms with Gasteiger partial charge in [-0.1, -0.05) is 6.42 Å². The molecule has 2 fully saturated rings. The van der Waals surface area contributed by atoms with Crippen LogP contribution >= 0.6 is 12.6 Å². The van der Waals surface area contributed by atoms with Crippen LogP contribution in [0.5, 0.6) is 0 Å². The smallest absolute Gasteiger partial charge is 0.0636 e. The highest BCUT2D eigenvalue weighted by Crippen LogP contribution is 2.44. The van der Waals surface area contributed by atoms with Gasteiger partial charge in [-0.3, -0.25) is 0 Å². The lowest BCUT2D eigenvalue weighted by molar-refractivity contribution is -0.0505. The second kappa shape index (κ2) is 1.89. The van der Waals surface area contributed by atoms with Crippen LogP contribution in [0.25, 0.3) is 0 Å². The van der Waals surface area contributed by atoms with Crippen molar-refractivity contribution < 1.29 is 4.74 Å². The first kappa shape index (κ1) is 6.05. The van der Waals surface area contributed by atoms with Gasteiger partial charge in [0.1, 0.15) is 0 Å². The maximum Gasteiger partial charge on any atom is 0.0636 e. The van der Waals surface area contributed by atoms with Gasteiger partial charge in [0.2, 0.25) is 0 Å². The van der Waals surface area contributed by atoms with E-state index in [0.29, 0.717) is 0 Å². The van der Waals surface area contributed by atoms with Crippen LogP contribution in [0, 0.1) is 5.92 Å². The van der Waals surface area contributed by atoms with Crippen molar-refractivity contribution in [3.63, 3.8) is 0 Å². The third kappa shape index (κ3) is 0.802. The summed E-state index contributed by atoms with van der Waals surface area (Å²) < 4.78 is 5.41. The molecule has 1 aliphatic carbocycles. The second-order valence-electron chi connectivity index (χ2n) is 3.22. The van der Waals surface area contributed by atoms with Crippen LogP contribution in [-0.2, 0) is 4.74 Å². The van der Waals surface area contributed by atoms with Crippen molar-refractivity contribution in [3.8, 4) is 0 Å². The maximum absolute atomic E-state index is 5.12. The summed E-state index contributed by atoms with van der Waals surface area (Å²) in [4.78, 5) is 0. The van der Waals surface area contributed by atoms with Crippen molar-refractivity contribution in [2.24, 2.45) is 5.92 Å². The lowest BCUT2D eigenvalue weighted by Crippen LogP contribution is -2.52. The molecule has 0 atom stereocenters. The summed E-state index contributed by atoms with van der Waals surface area (Å²) in [7, 11) is 0. The molecule has 1 aliphatic heterocycles. The molecule has 0 spiro atoms. The van der Waals surface area contributed by atoms with Gasteiger partial charge in [0.05, 0.1) is 18.0 Å². The Labute approximate surface area is 61.2 Å². The van der Waals surface area contributed by atoms with E-state index >= 15 is 0 Å². The van der Waals surface area contributed by atoms with Crippen LogP contribution in [0.15, 0.2) is 0 Å². The van der Waals surface area contributed by atoms with Crippen LogP contribution in [0.2, 0.25) is 0 Å². The van der Waals surface area contributed by atoms with Gasteiger partial charge in [-0.2, -0.15) is 12.6 Å². The first-order valence-electron chi connectivity index (χ1n) is 3.61. The molecule has 1 saturated heterocycles. The number of hydrogen-bond acceptors (Lipinski definition) is 2. The monoisotopic (exact) mass is 144 g/mol. The molecule has 1 nitrogen and oxygen atoms in total. The molecule has 0 aromatic heterocycles. The van der Waals surface area contributed by atoms with E-state index in [1.54, 1.807) is 0 Å². The summed E-state index contributed by atoms with van der Waals surface area (Å²) in [5, 5.41) is 0. The highest BCUT2D eigenvalue weighted by atomic mass is 32.1. The number of ether oxygens (including phenoxy) is 1. The molecule has 52 valence electrons. The average molecular weight is 144 g/mol. The summed E-state index contributed by atoms with van der Waals surface area (Å²) in [5.41, 5.74) is 0. The van der Waals surface area contributed by atoms with Crippen molar-refractivity contribution in [2.45, 2.75) is 24.0 Å². The molecule has 2 heteroatoms. The minimum Gasteiger partial charge on any atom is -0.378 e. The quantitative estimate of drug-likeness (QED) is 0.548. The molecule has 0 radical (unpaired) electrons. The number of hydrogen-bond donors (Lipinski definition) is 1. The van der Waals surface area contributed by atoms with Crippen molar-refractivity contribution >= 4 is 12.6 Å². The van der Waals surface area contributed by atoms with Crippen LogP contribution in [-0.4, -0.2) is 18.0 Å². The Kier molecular flexibility index (Phi) is 1.27. The van der Waals surface area contributed by atoms with Crippen LogP contribution in [0.3, 0.4) is 0 Å². The third-order valence-electron chi connectivity index (χ3n) is 2.57. The summed E-state index contributed by atoms with van der Waals surface area (Å²) in [5.74, 6) is 0.870. The SMILES string of the molecule is SC1(C2CCC2)COC1. The zero-order valence-electron chi connectivity index (χ0n) is 5.47. The van der Waals surface area contributed by atoms with E-state index in [9.17, 15) is 0 Å². The fraction of sp³-hybridized carbons (Fsp3) is 1.00. The molecular weight excluding hydrogens is 132 g/mol. The van der Waals surface area contributed by atoms with Gasteiger partial charge in [-0.15, -0.1) is 0 Å². The maximum atomic E-state index is 5.12. The predicted molar refractivity (Wildman–Crippen MR) is 39.9 cm³/mol. The van der Waals surface area contributed by atoms with Crippen LogP contribution in [0.1, 0.15) is 19.3 Å². The minimum absolute atomic E-state index is 0.290. The van der Waals surface area contributed by atoms with E-state index in [4.69, 9.17) is 4.74 Å². The normalized spacial score (nSPS) is 33.0. The first-order chi connectivity index (χ1) is 4.31. The Morgan fingerprint density at radius 3 is 2.11 bits per heavy atom. The molecule has 0 N–H and O–H groups in total. The number of thiol groups is 1. The standard InChI is InChI=1S/C7H12OS/c9-7(4-8-5-7)6-2-1-3-6/h6,9H,1-5H2. The van der Waals surface area contributed by atoms with E-state index in [0.717, 1.165) is 19.1 Å². The first-order valence-corrected chi connectivity index (χ1v) is 4.06. The fourth-order valence-corrected chi connectivity index (χ4v) is 1.93. The highest BCUT2D eigenvalue weighted by molar-refractivity contribution is 7.82. The largest absolute Gasteiger partial charge is 0.378 e. The molecule has 2 rings (SSSR count). The highest BCUT2D eigenvalue weighted by Gasteiger charge is 2.44. The summed E-state index contributed by atoms with van der Waals surface area (Å²) in [6.07, 6.45) is 4.17. The Balaban J connectivity index is 1.94. The molecule has 0 amide bonds. The molecule has 0 aromatic rings. The van der Waals surface area contributed by atoms with Gasteiger partial charge in [-0.05, 0) is 18.8 Å². The van der Waals surface area contributed by atoms with Gasteiger partial charge in [-0.25, -0.2) is 0 Å². The molecule has 2 aliphatic rings. The fourth-order valence-electron chi connectivity index (χ4n) is 1.49. The van der Waals surface area contributed by atoms with E-state index in [1.165, 1.54) is 19.3 Å². The van der Waals surface area contributed by atoms with Crippen molar-refractivity contribution in [2.75, 3.05) is 13.2 Å². The zero-order valence-corrected chi connectivity index (χ0v) is 6.36. The molecule has 0 unspecified atom stereocenters. The molecule has 0 aromatic carbocycles. The van der Waals surface area contributed by atoms with Crippen molar-refractivity contribution in [1.29, 1.82) is 0 Å². The summed E-state index contributed by atoms with van der Waals surface area (Å²) in [6.45, 7) is 1.78. The van der Waals surface area contributed by atoms with Crippen molar-refractivity contribution in [3.05, 3.63) is 0 Å². The lowest BCUT2D eigenvalue weighted by Gasteiger charge is -2.47. The third-order valence-corrected chi connectivity index (χ3v) is 3.19. The van der Waals surface area contributed by atoms with E-state index in [1.807, 2.05) is 0 Å². The summed E-state index contributed by atoms with van der Waals surface area (Å²) >= 11 is 4.57. The molecule has 9 heavy (non-hydrogen) atoms.